The zero-order chi connectivity index (χ0) is 20.7. The van der Waals surface area contributed by atoms with Crippen molar-refractivity contribution in [2.24, 2.45) is 0 Å². The monoisotopic (exact) mass is 420 g/mol. The molecule has 3 aromatic rings. The quantitative estimate of drug-likeness (QED) is 0.589. The minimum atomic E-state index is -5.13. The third kappa shape index (κ3) is 3.98. The molecule has 0 unspecified atom stereocenters. The molecule has 0 radical (unpaired) electrons. The van der Waals surface area contributed by atoms with E-state index in [1.54, 1.807) is 4.72 Å². The molecule has 3 rings (SSSR count). The summed E-state index contributed by atoms with van der Waals surface area (Å²) in [6.07, 6.45) is -4.09. The predicted octanol–water partition coefficient (Wildman–Crippen LogP) is 4.92. The zero-order valence-corrected chi connectivity index (χ0v) is 14.4. The summed E-state index contributed by atoms with van der Waals surface area (Å²) in [5, 5.41) is 0. The summed E-state index contributed by atoms with van der Waals surface area (Å²) < 4.78 is 105. The molecule has 2 aromatic carbocycles. The van der Waals surface area contributed by atoms with E-state index in [9.17, 15) is 34.8 Å². The molecule has 0 spiro atoms. The average Bonchev–Trinajstić information content (AvgIpc) is 3.08. The molecule has 0 fully saturated rings. The summed E-state index contributed by atoms with van der Waals surface area (Å²) in [4.78, 5) is 2.25. The molecule has 0 saturated heterocycles. The van der Waals surface area contributed by atoms with Crippen LogP contribution in [0.15, 0.2) is 53.6 Å². The Hall–Kier alpha value is -2.95. The molecule has 0 amide bonds. The van der Waals surface area contributed by atoms with Gasteiger partial charge in [-0.05, 0) is 42.0 Å². The van der Waals surface area contributed by atoms with Gasteiger partial charge < -0.3 is 4.98 Å². The van der Waals surface area contributed by atoms with Crippen LogP contribution < -0.4 is 4.72 Å². The van der Waals surface area contributed by atoms with Crippen LogP contribution in [0, 0.1) is 17.5 Å². The predicted molar refractivity (Wildman–Crippen MR) is 88.4 cm³/mol. The van der Waals surface area contributed by atoms with Crippen LogP contribution in [0.4, 0.5) is 32.0 Å². The van der Waals surface area contributed by atoms with Crippen molar-refractivity contribution in [1.82, 2.24) is 4.98 Å². The first-order valence-corrected chi connectivity index (χ1v) is 8.99. The highest BCUT2D eigenvalue weighted by atomic mass is 32.2. The van der Waals surface area contributed by atoms with Crippen LogP contribution in [-0.4, -0.2) is 13.4 Å². The molecule has 1 aromatic heterocycles. The minimum absolute atomic E-state index is 0.114. The number of aromatic amines is 1. The van der Waals surface area contributed by atoms with Gasteiger partial charge in [0.15, 0.2) is 0 Å². The van der Waals surface area contributed by atoms with Crippen molar-refractivity contribution in [3.05, 3.63) is 71.7 Å². The van der Waals surface area contributed by atoms with Gasteiger partial charge in [-0.25, -0.2) is 21.6 Å². The number of H-pyrrole nitrogens is 1. The number of halogens is 6. The fourth-order valence-corrected chi connectivity index (χ4v) is 3.42. The molecule has 0 atom stereocenters. The van der Waals surface area contributed by atoms with Gasteiger partial charge in [0.1, 0.15) is 22.3 Å². The van der Waals surface area contributed by atoms with Gasteiger partial charge in [0, 0.05) is 18.0 Å². The lowest BCUT2D eigenvalue weighted by Crippen LogP contribution is -2.15. The van der Waals surface area contributed by atoms with Crippen LogP contribution in [-0.2, 0) is 16.2 Å². The Morgan fingerprint density at radius 3 is 2.14 bits per heavy atom. The van der Waals surface area contributed by atoms with Gasteiger partial charge in [0.25, 0.3) is 10.0 Å². The maximum Gasteiger partial charge on any atom is 0.419 e. The van der Waals surface area contributed by atoms with Gasteiger partial charge >= 0.3 is 6.18 Å². The number of aromatic nitrogens is 1. The summed E-state index contributed by atoms with van der Waals surface area (Å²) in [5.74, 6) is -3.91. The van der Waals surface area contributed by atoms with Crippen LogP contribution in [0.25, 0.3) is 11.3 Å². The van der Waals surface area contributed by atoms with Crippen LogP contribution in [0.1, 0.15) is 5.56 Å². The molecule has 1 heterocycles. The minimum Gasteiger partial charge on any atom is -0.360 e. The van der Waals surface area contributed by atoms with E-state index in [1.807, 2.05) is 0 Å². The number of hydrogen-bond acceptors (Lipinski definition) is 2. The van der Waals surface area contributed by atoms with Crippen LogP contribution in [0.5, 0.6) is 0 Å². The van der Waals surface area contributed by atoms with E-state index in [0.717, 1.165) is 24.4 Å². The lowest BCUT2D eigenvalue weighted by Gasteiger charge is -2.12. The van der Waals surface area contributed by atoms with Crippen molar-refractivity contribution in [3.63, 3.8) is 0 Å². The molecule has 4 nitrogen and oxygen atoms in total. The molecular formula is C17H10F6N2O2S. The van der Waals surface area contributed by atoms with Gasteiger partial charge in [-0.3, -0.25) is 4.72 Å². The lowest BCUT2D eigenvalue weighted by molar-refractivity contribution is -0.140. The Bertz CT molecular complexity index is 1120. The number of hydrogen-bond donors (Lipinski definition) is 2. The van der Waals surface area contributed by atoms with Crippen molar-refractivity contribution in [1.29, 1.82) is 0 Å². The van der Waals surface area contributed by atoms with Crippen LogP contribution in [0.2, 0.25) is 0 Å². The third-order valence-electron chi connectivity index (χ3n) is 3.73. The summed E-state index contributed by atoms with van der Waals surface area (Å²) in [5.41, 5.74) is -2.09. The van der Waals surface area contributed by atoms with Gasteiger partial charge in [-0.15, -0.1) is 0 Å². The Morgan fingerprint density at radius 2 is 1.54 bits per heavy atom. The van der Waals surface area contributed by atoms with Crippen LogP contribution >= 0.6 is 0 Å². The van der Waals surface area contributed by atoms with Crippen molar-refractivity contribution in [2.45, 2.75) is 11.1 Å². The maximum absolute atomic E-state index is 13.9. The lowest BCUT2D eigenvalue weighted by atomic mass is 10.1. The maximum atomic E-state index is 13.9. The van der Waals surface area contributed by atoms with Gasteiger partial charge in [-0.2, -0.15) is 13.2 Å². The first-order chi connectivity index (χ1) is 13.0. The summed E-state index contributed by atoms with van der Waals surface area (Å²) in [6.45, 7) is 0. The average molecular weight is 420 g/mol. The molecule has 0 aliphatic rings. The Balaban J connectivity index is 1.91. The summed E-state index contributed by atoms with van der Waals surface area (Å²) in [7, 11) is -4.44. The van der Waals surface area contributed by atoms with E-state index in [4.69, 9.17) is 0 Å². The fourth-order valence-electron chi connectivity index (χ4n) is 2.37. The standard InChI is InChI=1S/C17H10F6N2O2S/c18-10-3-1-9(2-4-10)15-5-11(8-24-15)28(26,27)25-16-7-13(19)12(6-14(16)20)17(21,22)23/h1-8,24-25H. The normalized spacial score (nSPS) is 12.2. The highest BCUT2D eigenvalue weighted by Crippen LogP contribution is 2.34. The van der Waals surface area contributed by atoms with E-state index in [0.29, 0.717) is 11.3 Å². The van der Waals surface area contributed by atoms with Crippen LogP contribution in [0.3, 0.4) is 0 Å². The molecule has 28 heavy (non-hydrogen) atoms. The van der Waals surface area contributed by atoms with Gasteiger partial charge in [-0.1, -0.05) is 0 Å². The number of nitrogens with one attached hydrogen (secondary N) is 2. The van der Waals surface area contributed by atoms with Crippen molar-refractivity contribution in [2.75, 3.05) is 4.72 Å². The molecule has 0 aliphatic carbocycles. The van der Waals surface area contributed by atoms with Crippen molar-refractivity contribution >= 4 is 15.7 Å². The number of anilines is 1. The highest BCUT2D eigenvalue weighted by Gasteiger charge is 2.35. The largest absolute Gasteiger partial charge is 0.419 e. The summed E-state index contributed by atoms with van der Waals surface area (Å²) in [6, 6.07) is 6.21. The van der Waals surface area contributed by atoms with Crippen molar-refractivity contribution < 1.29 is 34.8 Å². The number of benzene rings is 2. The number of rotatable bonds is 4. The van der Waals surface area contributed by atoms with E-state index < -0.39 is 44.9 Å². The molecular weight excluding hydrogens is 410 g/mol. The second-order valence-electron chi connectivity index (χ2n) is 5.67. The van der Waals surface area contributed by atoms with E-state index in [2.05, 4.69) is 4.98 Å². The fraction of sp³-hybridized carbons (Fsp3) is 0.0588. The van der Waals surface area contributed by atoms with Crippen molar-refractivity contribution in [3.8, 4) is 11.3 Å². The highest BCUT2D eigenvalue weighted by molar-refractivity contribution is 7.92. The van der Waals surface area contributed by atoms with E-state index in [1.165, 1.54) is 12.1 Å². The molecule has 2 N–H and O–H groups in total. The Labute approximate surface area is 154 Å². The molecule has 0 aliphatic heterocycles. The second-order valence-corrected chi connectivity index (χ2v) is 7.35. The Morgan fingerprint density at radius 1 is 0.893 bits per heavy atom. The number of sulfonamides is 1. The molecule has 11 heteroatoms. The third-order valence-corrected chi connectivity index (χ3v) is 5.07. The SMILES string of the molecule is O=S(=O)(Nc1cc(F)c(C(F)(F)F)cc1F)c1c[nH]c(-c2ccc(F)cc2)c1. The molecule has 0 saturated carbocycles. The molecule has 148 valence electrons. The first kappa shape index (κ1) is 19.8. The van der Waals surface area contributed by atoms with E-state index >= 15 is 0 Å². The topological polar surface area (TPSA) is 62.0 Å². The number of alkyl halides is 3. The van der Waals surface area contributed by atoms with E-state index in [-0.39, 0.29) is 17.0 Å². The second kappa shape index (κ2) is 6.89. The summed E-state index contributed by atoms with van der Waals surface area (Å²) >= 11 is 0. The van der Waals surface area contributed by atoms with Gasteiger partial charge in [0.2, 0.25) is 0 Å². The Kier molecular flexibility index (Phi) is 4.88. The molecule has 0 bridgehead atoms. The zero-order valence-electron chi connectivity index (χ0n) is 13.6. The first-order valence-electron chi connectivity index (χ1n) is 7.51. The smallest absolute Gasteiger partial charge is 0.360 e. The van der Waals surface area contributed by atoms with Gasteiger partial charge in [0.05, 0.1) is 11.3 Å².